The number of nitriles is 1. The van der Waals surface area contributed by atoms with Crippen LogP contribution in [-0.4, -0.2) is 71.9 Å². The lowest BCUT2D eigenvalue weighted by Crippen LogP contribution is -2.44. The number of β-amino-alcohol motifs (C(OH)–C–C–N with tert-alkyl or cyclic N) is 1. The highest BCUT2D eigenvalue weighted by molar-refractivity contribution is 5.95. The molecule has 38 heavy (non-hydrogen) atoms. The number of halogens is 2. The standard InChI is InChI=1S/C30H37F2N3O3/c1-3-30(32,4-2)20-34-12-9-21(10-13-34)19-38-28-8-6-22(15-24(28)17-33)26-7-5-23(16-27(26)31)29(37)35-14-11-25(36)18-35/h5-8,15-16,21,25,36H,3-4,9-14,18-20H2,1-2H3. The van der Waals surface area contributed by atoms with E-state index >= 15 is 4.39 Å². The van der Waals surface area contributed by atoms with Crippen molar-refractivity contribution < 1.29 is 23.4 Å². The minimum absolute atomic E-state index is 0.230. The molecule has 2 fully saturated rings. The Labute approximate surface area is 223 Å². The molecule has 2 aliphatic heterocycles. The maximum atomic E-state index is 15.0. The highest BCUT2D eigenvalue weighted by atomic mass is 19.1. The minimum Gasteiger partial charge on any atom is -0.492 e. The van der Waals surface area contributed by atoms with Gasteiger partial charge >= 0.3 is 0 Å². The van der Waals surface area contributed by atoms with E-state index in [2.05, 4.69) is 11.0 Å². The molecule has 6 nitrogen and oxygen atoms in total. The van der Waals surface area contributed by atoms with E-state index in [4.69, 9.17) is 4.74 Å². The molecule has 1 atom stereocenters. The number of carbonyl (C=O) groups is 1. The van der Waals surface area contributed by atoms with Crippen LogP contribution in [0, 0.1) is 23.1 Å². The Morgan fingerprint density at radius 1 is 1.13 bits per heavy atom. The van der Waals surface area contributed by atoms with E-state index in [0.717, 1.165) is 25.9 Å². The summed E-state index contributed by atoms with van der Waals surface area (Å²) in [5, 5.41) is 19.4. The van der Waals surface area contributed by atoms with E-state index in [9.17, 15) is 19.6 Å². The zero-order valence-corrected chi connectivity index (χ0v) is 22.3. The number of nitrogens with zero attached hydrogens (tertiary/aromatic N) is 3. The Hall–Kier alpha value is -3.02. The molecule has 0 saturated carbocycles. The zero-order valence-electron chi connectivity index (χ0n) is 22.3. The highest BCUT2D eigenvalue weighted by Crippen LogP contribution is 2.31. The lowest BCUT2D eigenvalue weighted by Gasteiger charge is -2.36. The molecule has 0 radical (unpaired) electrons. The fraction of sp³-hybridized carbons (Fsp3) is 0.533. The number of ether oxygens (including phenoxy) is 1. The van der Waals surface area contributed by atoms with Crippen molar-refractivity contribution in [1.29, 1.82) is 5.26 Å². The number of aliphatic hydroxyl groups excluding tert-OH is 1. The molecule has 0 spiro atoms. The lowest BCUT2D eigenvalue weighted by atomic mass is 9.94. The number of hydrogen-bond donors (Lipinski definition) is 1. The average molecular weight is 526 g/mol. The second-order valence-corrected chi connectivity index (χ2v) is 10.6. The third-order valence-corrected chi connectivity index (χ3v) is 8.03. The van der Waals surface area contributed by atoms with Crippen molar-refractivity contribution in [2.24, 2.45) is 5.92 Å². The van der Waals surface area contributed by atoms with Gasteiger partial charge in [-0.1, -0.05) is 26.0 Å². The molecule has 2 aliphatic rings. The molecule has 1 N–H and O–H groups in total. The van der Waals surface area contributed by atoms with Gasteiger partial charge < -0.3 is 19.6 Å². The molecule has 2 saturated heterocycles. The lowest BCUT2D eigenvalue weighted by molar-refractivity contribution is 0.0568. The normalized spacial score (nSPS) is 18.9. The van der Waals surface area contributed by atoms with Gasteiger partial charge in [-0.3, -0.25) is 4.79 Å². The SMILES string of the molecule is CCC(F)(CC)CN1CCC(COc2ccc(-c3ccc(C(=O)N4CCC(O)C4)cc3F)cc2C#N)CC1. The smallest absolute Gasteiger partial charge is 0.254 e. The third kappa shape index (κ3) is 6.51. The van der Waals surface area contributed by atoms with Crippen LogP contribution in [0.5, 0.6) is 5.75 Å². The molecule has 0 aromatic heterocycles. The van der Waals surface area contributed by atoms with Crippen LogP contribution in [-0.2, 0) is 0 Å². The first kappa shape index (κ1) is 28.0. The molecule has 1 unspecified atom stereocenters. The molecule has 2 aromatic rings. The summed E-state index contributed by atoms with van der Waals surface area (Å²) in [7, 11) is 0. The summed E-state index contributed by atoms with van der Waals surface area (Å²) < 4.78 is 35.8. The Morgan fingerprint density at radius 3 is 2.47 bits per heavy atom. The third-order valence-electron chi connectivity index (χ3n) is 8.03. The Kier molecular flexibility index (Phi) is 9.01. The summed E-state index contributed by atoms with van der Waals surface area (Å²) in [4.78, 5) is 16.3. The van der Waals surface area contributed by atoms with Gasteiger partial charge in [0, 0.05) is 30.8 Å². The van der Waals surface area contributed by atoms with Crippen molar-refractivity contribution in [2.75, 3.05) is 39.3 Å². The summed E-state index contributed by atoms with van der Waals surface area (Å²) in [5.74, 6) is -0.0744. The second kappa shape index (κ2) is 12.2. The predicted octanol–water partition coefficient (Wildman–Crippen LogP) is 5.19. The van der Waals surface area contributed by atoms with Crippen LogP contribution in [0.25, 0.3) is 11.1 Å². The van der Waals surface area contributed by atoms with Gasteiger partial charge in [0.15, 0.2) is 0 Å². The molecule has 2 aromatic carbocycles. The Morgan fingerprint density at radius 2 is 1.87 bits per heavy atom. The predicted molar refractivity (Wildman–Crippen MR) is 142 cm³/mol. The number of piperidine rings is 1. The van der Waals surface area contributed by atoms with E-state index in [1.165, 1.54) is 11.0 Å². The van der Waals surface area contributed by atoms with Crippen LogP contribution >= 0.6 is 0 Å². The Bertz CT molecular complexity index is 1170. The number of benzene rings is 2. The first-order valence-electron chi connectivity index (χ1n) is 13.6. The van der Waals surface area contributed by atoms with Crippen molar-refractivity contribution in [3.63, 3.8) is 0 Å². The van der Waals surface area contributed by atoms with E-state index in [1.54, 1.807) is 30.3 Å². The quantitative estimate of drug-likeness (QED) is 0.488. The molecular formula is C30H37F2N3O3. The molecule has 0 bridgehead atoms. The summed E-state index contributed by atoms with van der Waals surface area (Å²) in [6.45, 7) is 7.11. The second-order valence-electron chi connectivity index (χ2n) is 10.6. The van der Waals surface area contributed by atoms with Crippen LogP contribution in [0.15, 0.2) is 36.4 Å². The van der Waals surface area contributed by atoms with Crippen LogP contribution in [0.3, 0.4) is 0 Å². The van der Waals surface area contributed by atoms with E-state index in [1.807, 2.05) is 13.8 Å². The van der Waals surface area contributed by atoms with E-state index in [-0.39, 0.29) is 18.0 Å². The number of aliphatic hydroxyl groups is 1. The average Bonchev–Trinajstić information content (AvgIpc) is 3.38. The monoisotopic (exact) mass is 525 g/mol. The molecule has 8 heteroatoms. The topological polar surface area (TPSA) is 76.8 Å². The van der Waals surface area contributed by atoms with Gasteiger partial charge in [0.1, 0.15) is 23.3 Å². The van der Waals surface area contributed by atoms with Crippen molar-refractivity contribution in [2.45, 2.75) is 57.7 Å². The molecule has 4 rings (SSSR count). The van der Waals surface area contributed by atoms with Gasteiger partial charge in [-0.25, -0.2) is 8.78 Å². The first-order valence-corrected chi connectivity index (χ1v) is 13.6. The summed E-state index contributed by atoms with van der Waals surface area (Å²) >= 11 is 0. The van der Waals surface area contributed by atoms with Crippen LogP contribution in [0.4, 0.5) is 8.78 Å². The molecular weight excluding hydrogens is 488 g/mol. The number of likely N-dealkylation sites (tertiary alicyclic amines) is 2. The summed E-state index contributed by atoms with van der Waals surface area (Å²) in [6, 6.07) is 11.5. The van der Waals surface area contributed by atoms with Crippen molar-refractivity contribution in [3.05, 3.63) is 53.3 Å². The fourth-order valence-electron chi connectivity index (χ4n) is 5.30. The van der Waals surface area contributed by atoms with Gasteiger partial charge in [-0.2, -0.15) is 5.26 Å². The molecule has 1 amide bonds. The Balaban J connectivity index is 1.36. The molecule has 0 aliphatic carbocycles. The number of rotatable bonds is 9. The maximum Gasteiger partial charge on any atom is 0.254 e. The van der Waals surface area contributed by atoms with Gasteiger partial charge in [0.25, 0.3) is 5.91 Å². The summed E-state index contributed by atoms with van der Waals surface area (Å²) in [5.41, 5.74) is 0.241. The van der Waals surface area contributed by atoms with Crippen LogP contribution in [0.1, 0.15) is 61.9 Å². The van der Waals surface area contributed by atoms with Gasteiger partial charge in [0.05, 0.1) is 18.3 Å². The van der Waals surface area contributed by atoms with Gasteiger partial charge in [0.2, 0.25) is 0 Å². The molecule has 2 heterocycles. The zero-order chi connectivity index (χ0) is 27.3. The maximum absolute atomic E-state index is 15.0. The van der Waals surface area contributed by atoms with Crippen molar-refractivity contribution in [1.82, 2.24) is 9.80 Å². The first-order chi connectivity index (χ1) is 18.2. The number of amides is 1. The minimum atomic E-state index is -1.13. The number of hydrogen-bond acceptors (Lipinski definition) is 5. The largest absolute Gasteiger partial charge is 0.492 e. The van der Waals surface area contributed by atoms with Crippen LogP contribution in [0.2, 0.25) is 0 Å². The molecule has 204 valence electrons. The fourth-order valence-corrected chi connectivity index (χ4v) is 5.30. The highest BCUT2D eigenvalue weighted by Gasteiger charge is 2.30. The van der Waals surface area contributed by atoms with E-state index < -0.39 is 17.6 Å². The van der Waals surface area contributed by atoms with Crippen molar-refractivity contribution in [3.8, 4) is 22.9 Å². The van der Waals surface area contributed by atoms with Crippen LogP contribution < -0.4 is 4.74 Å². The summed E-state index contributed by atoms with van der Waals surface area (Å²) in [6.07, 6.45) is 2.86. The number of carbonyl (C=O) groups excluding carboxylic acids is 1. The van der Waals surface area contributed by atoms with Crippen molar-refractivity contribution >= 4 is 5.91 Å². The van der Waals surface area contributed by atoms with Gasteiger partial charge in [-0.15, -0.1) is 0 Å². The number of alkyl halides is 1. The van der Waals surface area contributed by atoms with E-state index in [0.29, 0.717) is 67.3 Å². The van der Waals surface area contributed by atoms with Gasteiger partial charge in [-0.05, 0) is 80.9 Å².